The number of aromatic hydroxyl groups is 1. The molecule has 0 bridgehead atoms. The topological polar surface area (TPSA) is 70.9 Å². The summed E-state index contributed by atoms with van der Waals surface area (Å²) in [6, 6.07) is 10.2. The molecule has 0 radical (unpaired) electrons. The van der Waals surface area contributed by atoms with E-state index in [0.717, 1.165) is 0 Å². The smallest absolute Gasteiger partial charge is 0.277 e. The Morgan fingerprint density at radius 2 is 1.96 bits per heavy atom. The fourth-order valence-corrected chi connectivity index (χ4v) is 2.99. The number of phenolic OH excluding ortho intramolecular Hbond substituents is 1. The van der Waals surface area contributed by atoms with Crippen molar-refractivity contribution in [3.8, 4) is 11.5 Å². The molecule has 0 aliphatic carbocycles. The number of hydrogen-bond donors (Lipinski definition) is 2. The van der Waals surface area contributed by atoms with Gasteiger partial charge in [-0.15, -0.1) is 0 Å². The summed E-state index contributed by atoms with van der Waals surface area (Å²) in [6.07, 6.45) is 1.45. The Kier molecular flexibility index (Phi) is 6.44. The average Bonchev–Trinajstić information content (AvgIpc) is 2.52. The van der Waals surface area contributed by atoms with Crippen molar-refractivity contribution in [2.45, 2.75) is 0 Å². The molecule has 0 fully saturated rings. The third-order valence-corrected chi connectivity index (χ3v) is 4.16. The standard InChI is InChI=1S/C15H11Br2ClN2O3/c16-10-5-9(6-11(17)15(10)22)7-19-20-14(21)8-23-13-4-2-1-3-12(13)18/h1-7,22H,8H2,(H,20,21)/b19-7+. The second kappa shape index (κ2) is 8.33. The van der Waals surface area contributed by atoms with E-state index < -0.39 is 5.91 Å². The van der Waals surface area contributed by atoms with E-state index in [1.165, 1.54) is 6.21 Å². The van der Waals surface area contributed by atoms with Gasteiger partial charge in [-0.1, -0.05) is 23.7 Å². The summed E-state index contributed by atoms with van der Waals surface area (Å²) in [5.41, 5.74) is 3.03. The maximum absolute atomic E-state index is 11.7. The summed E-state index contributed by atoms with van der Waals surface area (Å²) >= 11 is 12.3. The molecule has 0 heterocycles. The maximum atomic E-state index is 11.7. The SMILES string of the molecule is O=C(COc1ccccc1Cl)N/N=C/c1cc(Br)c(O)c(Br)c1. The Morgan fingerprint density at radius 1 is 1.30 bits per heavy atom. The lowest BCUT2D eigenvalue weighted by atomic mass is 10.2. The molecular weight excluding hydrogens is 451 g/mol. The number of amides is 1. The molecular formula is C15H11Br2ClN2O3. The fourth-order valence-electron chi connectivity index (χ4n) is 1.58. The number of hydrogen-bond acceptors (Lipinski definition) is 4. The van der Waals surface area contributed by atoms with Gasteiger partial charge < -0.3 is 9.84 Å². The van der Waals surface area contributed by atoms with Crippen molar-refractivity contribution in [1.29, 1.82) is 0 Å². The summed E-state index contributed by atoms with van der Waals surface area (Å²) < 4.78 is 6.32. The Labute approximate surface area is 154 Å². The van der Waals surface area contributed by atoms with Crippen molar-refractivity contribution >= 4 is 55.6 Å². The number of carbonyl (C=O) groups excluding carboxylic acids is 1. The molecule has 0 aliphatic rings. The van der Waals surface area contributed by atoms with Gasteiger partial charge >= 0.3 is 0 Å². The van der Waals surface area contributed by atoms with Crippen LogP contribution in [0.2, 0.25) is 5.02 Å². The predicted octanol–water partition coefficient (Wildman–Crippen LogP) is 4.10. The number of halogens is 3. The minimum atomic E-state index is -0.418. The molecule has 8 heteroatoms. The highest BCUT2D eigenvalue weighted by Crippen LogP contribution is 2.32. The zero-order chi connectivity index (χ0) is 16.8. The number of ether oxygens (including phenoxy) is 1. The highest BCUT2D eigenvalue weighted by atomic mass is 79.9. The van der Waals surface area contributed by atoms with Crippen LogP contribution in [-0.2, 0) is 4.79 Å². The number of phenols is 1. The summed E-state index contributed by atoms with van der Waals surface area (Å²) in [6.45, 7) is -0.204. The van der Waals surface area contributed by atoms with Crippen LogP contribution in [0.5, 0.6) is 11.5 Å². The first-order valence-corrected chi connectivity index (χ1v) is 8.31. The van der Waals surface area contributed by atoms with E-state index in [1.54, 1.807) is 36.4 Å². The molecule has 0 saturated carbocycles. The number of rotatable bonds is 5. The number of nitrogens with one attached hydrogen (secondary N) is 1. The number of para-hydroxylation sites is 1. The zero-order valence-corrected chi connectivity index (χ0v) is 15.5. The van der Waals surface area contributed by atoms with Crippen molar-refractivity contribution in [2.24, 2.45) is 5.10 Å². The number of carbonyl (C=O) groups is 1. The predicted molar refractivity (Wildman–Crippen MR) is 96.2 cm³/mol. The van der Waals surface area contributed by atoms with Crippen LogP contribution in [0.3, 0.4) is 0 Å². The van der Waals surface area contributed by atoms with Crippen molar-refractivity contribution in [3.63, 3.8) is 0 Å². The lowest BCUT2D eigenvalue weighted by Gasteiger charge is -2.06. The van der Waals surface area contributed by atoms with Gasteiger partial charge in [0.1, 0.15) is 11.5 Å². The van der Waals surface area contributed by atoms with Gasteiger partial charge in [0.15, 0.2) is 6.61 Å². The first kappa shape index (κ1) is 17.8. The Morgan fingerprint density at radius 3 is 2.61 bits per heavy atom. The lowest BCUT2D eigenvalue weighted by Crippen LogP contribution is -2.24. The summed E-state index contributed by atoms with van der Waals surface area (Å²) in [5.74, 6) is 0.108. The molecule has 5 nitrogen and oxygen atoms in total. The molecule has 2 rings (SSSR count). The Hall–Kier alpha value is -1.57. The minimum Gasteiger partial charge on any atom is -0.506 e. The van der Waals surface area contributed by atoms with Crippen LogP contribution in [0.4, 0.5) is 0 Å². The molecule has 2 N–H and O–H groups in total. The van der Waals surface area contributed by atoms with E-state index in [0.29, 0.717) is 25.3 Å². The maximum Gasteiger partial charge on any atom is 0.277 e. The van der Waals surface area contributed by atoms with E-state index in [-0.39, 0.29) is 12.4 Å². The Balaban J connectivity index is 1.88. The molecule has 0 saturated heterocycles. The molecule has 23 heavy (non-hydrogen) atoms. The number of nitrogens with zero attached hydrogens (tertiary/aromatic N) is 1. The summed E-state index contributed by atoms with van der Waals surface area (Å²) in [5, 5.41) is 13.9. The van der Waals surface area contributed by atoms with E-state index in [2.05, 4.69) is 42.4 Å². The van der Waals surface area contributed by atoms with Crippen molar-refractivity contribution < 1.29 is 14.6 Å². The summed E-state index contributed by atoms with van der Waals surface area (Å²) in [4.78, 5) is 11.7. The lowest BCUT2D eigenvalue weighted by molar-refractivity contribution is -0.123. The van der Waals surface area contributed by atoms with Crippen molar-refractivity contribution in [2.75, 3.05) is 6.61 Å². The van der Waals surface area contributed by atoms with Gasteiger partial charge in [-0.2, -0.15) is 5.10 Å². The van der Waals surface area contributed by atoms with Gasteiger partial charge in [-0.05, 0) is 61.7 Å². The van der Waals surface area contributed by atoms with E-state index in [9.17, 15) is 9.90 Å². The van der Waals surface area contributed by atoms with Crippen molar-refractivity contribution in [3.05, 3.63) is 55.9 Å². The molecule has 0 aliphatic heterocycles. The molecule has 0 spiro atoms. The van der Waals surface area contributed by atoms with Crippen LogP contribution >= 0.6 is 43.5 Å². The minimum absolute atomic E-state index is 0.0966. The largest absolute Gasteiger partial charge is 0.506 e. The third kappa shape index (κ3) is 5.23. The number of benzene rings is 2. The average molecular weight is 463 g/mol. The van der Waals surface area contributed by atoms with E-state index in [1.807, 2.05) is 0 Å². The summed E-state index contributed by atoms with van der Waals surface area (Å²) in [7, 11) is 0. The highest BCUT2D eigenvalue weighted by molar-refractivity contribution is 9.11. The Bertz CT molecular complexity index is 730. The zero-order valence-electron chi connectivity index (χ0n) is 11.6. The second-order valence-corrected chi connectivity index (χ2v) is 6.46. The second-order valence-electron chi connectivity index (χ2n) is 4.35. The molecule has 1 amide bonds. The highest BCUT2D eigenvalue weighted by Gasteiger charge is 2.06. The van der Waals surface area contributed by atoms with Crippen LogP contribution < -0.4 is 10.2 Å². The first-order chi connectivity index (χ1) is 11.0. The molecule has 120 valence electrons. The number of hydrazone groups is 1. The first-order valence-electron chi connectivity index (χ1n) is 6.34. The van der Waals surface area contributed by atoms with Crippen molar-refractivity contribution in [1.82, 2.24) is 5.43 Å². The quantitative estimate of drug-likeness (QED) is 0.519. The van der Waals surface area contributed by atoms with E-state index in [4.69, 9.17) is 16.3 Å². The third-order valence-electron chi connectivity index (χ3n) is 2.64. The monoisotopic (exact) mass is 460 g/mol. The molecule has 0 unspecified atom stereocenters. The van der Waals surface area contributed by atoms with Gasteiger partial charge in [0.05, 0.1) is 20.2 Å². The molecule has 2 aromatic rings. The van der Waals surface area contributed by atoms with Crippen LogP contribution in [0.15, 0.2) is 50.4 Å². The van der Waals surface area contributed by atoms with Crippen LogP contribution in [0.25, 0.3) is 0 Å². The normalized spacial score (nSPS) is 10.7. The van der Waals surface area contributed by atoms with Gasteiger partial charge in [-0.3, -0.25) is 4.79 Å². The van der Waals surface area contributed by atoms with Gasteiger partial charge in [-0.25, -0.2) is 5.43 Å². The van der Waals surface area contributed by atoms with Gasteiger partial charge in [0, 0.05) is 0 Å². The van der Waals surface area contributed by atoms with Crippen LogP contribution in [0.1, 0.15) is 5.56 Å². The molecule has 0 atom stereocenters. The van der Waals surface area contributed by atoms with Crippen LogP contribution in [-0.4, -0.2) is 23.8 Å². The van der Waals surface area contributed by atoms with Crippen LogP contribution in [0, 0.1) is 0 Å². The molecule has 0 aromatic heterocycles. The van der Waals surface area contributed by atoms with Gasteiger partial charge in [0.25, 0.3) is 5.91 Å². The van der Waals surface area contributed by atoms with Gasteiger partial charge in [0.2, 0.25) is 0 Å². The molecule has 2 aromatic carbocycles. The van der Waals surface area contributed by atoms with E-state index >= 15 is 0 Å². The fraction of sp³-hybridized carbons (Fsp3) is 0.0667.